The second-order valence-electron chi connectivity index (χ2n) is 6.07. The van der Waals surface area contributed by atoms with Gasteiger partial charge in [0.25, 0.3) is 0 Å². The minimum atomic E-state index is -0.426. The second kappa shape index (κ2) is 7.18. The summed E-state index contributed by atoms with van der Waals surface area (Å²) in [6, 6.07) is 16.7. The summed E-state index contributed by atoms with van der Waals surface area (Å²) < 4.78 is 0. The number of anilines is 2. The van der Waals surface area contributed by atoms with Crippen LogP contribution >= 0.6 is 0 Å². The predicted octanol–water partition coefficient (Wildman–Crippen LogP) is 3.11. The Morgan fingerprint density at radius 3 is 2.64 bits per heavy atom. The molecule has 0 spiro atoms. The van der Waals surface area contributed by atoms with Crippen LogP contribution in [-0.4, -0.2) is 18.4 Å². The molecule has 0 radical (unpaired) electrons. The molecule has 5 nitrogen and oxygen atoms in total. The SMILES string of the molecule is CCc1ccc(N2C[C@@H](C(=O)Nc3ccccc3C#N)CC2=O)cc1. The van der Waals surface area contributed by atoms with Crippen molar-refractivity contribution in [2.24, 2.45) is 5.92 Å². The van der Waals surface area contributed by atoms with E-state index in [4.69, 9.17) is 5.26 Å². The minimum Gasteiger partial charge on any atom is -0.325 e. The molecular weight excluding hydrogens is 314 g/mol. The molecule has 2 aromatic carbocycles. The first-order valence-corrected chi connectivity index (χ1v) is 8.31. The molecule has 126 valence electrons. The number of carbonyl (C=O) groups excluding carboxylic acids is 2. The van der Waals surface area contributed by atoms with E-state index in [-0.39, 0.29) is 18.2 Å². The number of para-hydroxylation sites is 1. The van der Waals surface area contributed by atoms with E-state index in [1.165, 1.54) is 5.56 Å². The summed E-state index contributed by atoms with van der Waals surface area (Å²) in [5.74, 6) is -0.716. The lowest BCUT2D eigenvalue weighted by Crippen LogP contribution is -2.28. The molecule has 1 aliphatic rings. The van der Waals surface area contributed by atoms with E-state index in [9.17, 15) is 9.59 Å². The third-order valence-electron chi connectivity index (χ3n) is 4.46. The molecule has 0 saturated carbocycles. The average molecular weight is 333 g/mol. The molecule has 1 heterocycles. The van der Waals surface area contributed by atoms with E-state index in [2.05, 4.69) is 18.3 Å². The maximum atomic E-state index is 12.5. The maximum Gasteiger partial charge on any atom is 0.229 e. The predicted molar refractivity (Wildman–Crippen MR) is 96.1 cm³/mol. The van der Waals surface area contributed by atoms with Gasteiger partial charge in [-0.3, -0.25) is 9.59 Å². The molecule has 3 rings (SSSR count). The largest absolute Gasteiger partial charge is 0.325 e. The number of hydrogen-bond acceptors (Lipinski definition) is 3. The molecule has 0 unspecified atom stereocenters. The van der Waals surface area contributed by atoms with Crippen LogP contribution in [0.3, 0.4) is 0 Å². The minimum absolute atomic E-state index is 0.0574. The third-order valence-corrected chi connectivity index (χ3v) is 4.46. The Hall–Kier alpha value is -3.13. The van der Waals surface area contributed by atoms with Crippen molar-refractivity contribution in [2.75, 3.05) is 16.8 Å². The monoisotopic (exact) mass is 333 g/mol. The standard InChI is InChI=1S/C20H19N3O2/c1-2-14-7-9-17(10-8-14)23-13-16(11-19(23)24)20(25)22-18-6-4-3-5-15(18)12-21/h3-10,16H,2,11,13H2,1H3,(H,22,25)/t16-/m0/s1. The van der Waals surface area contributed by atoms with Gasteiger partial charge in [0, 0.05) is 18.7 Å². The Bertz CT molecular complexity index is 837. The quantitative estimate of drug-likeness (QED) is 0.934. The first-order valence-electron chi connectivity index (χ1n) is 8.31. The van der Waals surface area contributed by atoms with E-state index in [1.54, 1.807) is 29.2 Å². The topological polar surface area (TPSA) is 73.2 Å². The van der Waals surface area contributed by atoms with Crippen molar-refractivity contribution in [2.45, 2.75) is 19.8 Å². The van der Waals surface area contributed by atoms with Gasteiger partial charge in [-0.25, -0.2) is 0 Å². The van der Waals surface area contributed by atoms with Crippen LogP contribution in [0.25, 0.3) is 0 Å². The van der Waals surface area contributed by atoms with Gasteiger partial charge >= 0.3 is 0 Å². The number of hydrogen-bond donors (Lipinski definition) is 1. The highest BCUT2D eigenvalue weighted by Crippen LogP contribution is 2.27. The number of nitriles is 1. The highest BCUT2D eigenvalue weighted by atomic mass is 16.2. The van der Waals surface area contributed by atoms with Gasteiger partial charge in [0.15, 0.2) is 0 Å². The normalized spacial score (nSPS) is 16.6. The van der Waals surface area contributed by atoms with Gasteiger partial charge in [-0.2, -0.15) is 5.26 Å². The Morgan fingerprint density at radius 1 is 1.24 bits per heavy atom. The van der Waals surface area contributed by atoms with Crippen molar-refractivity contribution >= 4 is 23.2 Å². The Balaban J connectivity index is 1.71. The number of nitrogens with zero attached hydrogens (tertiary/aromatic N) is 2. The van der Waals surface area contributed by atoms with E-state index in [0.717, 1.165) is 12.1 Å². The smallest absolute Gasteiger partial charge is 0.229 e. The van der Waals surface area contributed by atoms with Crippen molar-refractivity contribution in [3.63, 3.8) is 0 Å². The second-order valence-corrected chi connectivity index (χ2v) is 6.07. The first-order chi connectivity index (χ1) is 12.1. The lowest BCUT2D eigenvalue weighted by atomic mass is 10.1. The lowest BCUT2D eigenvalue weighted by Gasteiger charge is -2.17. The van der Waals surface area contributed by atoms with Crippen LogP contribution < -0.4 is 10.2 Å². The van der Waals surface area contributed by atoms with Gasteiger partial charge in [-0.15, -0.1) is 0 Å². The summed E-state index contributed by atoms with van der Waals surface area (Å²) >= 11 is 0. The van der Waals surface area contributed by atoms with Crippen LogP contribution in [-0.2, 0) is 16.0 Å². The highest BCUT2D eigenvalue weighted by molar-refractivity contribution is 6.03. The zero-order valence-electron chi connectivity index (χ0n) is 14.0. The van der Waals surface area contributed by atoms with Crippen LogP contribution in [0.5, 0.6) is 0 Å². The molecule has 1 N–H and O–H groups in total. The first kappa shape index (κ1) is 16.7. The number of aryl methyl sites for hydroxylation is 1. The number of amides is 2. The van der Waals surface area contributed by atoms with Gasteiger partial charge in [-0.1, -0.05) is 31.2 Å². The van der Waals surface area contributed by atoms with Crippen LogP contribution in [0, 0.1) is 17.2 Å². The number of carbonyl (C=O) groups is 2. The fourth-order valence-corrected chi connectivity index (χ4v) is 2.97. The van der Waals surface area contributed by atoms with Crippen molar-refractivity contribution < 1.29 is 9.59 Å². The fourth-order valence-electron chi connectivity index (χ4n) is 2.97. The summed E-state index contributed by atoms with van der Waals surface area (Å²) in [6.45, 7) is 2.43. The van der Waals surface area contributed by atoms with E-state index >= 15 is 0 Å². The van der Waals surface area contributed by atoms with Crippen molar-refractivity contribution in [3.8, 4) is 6.07 Å². The van der Waals surface area contributed by atoms with Crippen LogP contribution in [0.4, 0.5) is 11.4 Å². The van der Waals surface area contributed by atoms with Crippen LogP contribution in [0.15, 0.2) is 48.5 Å². The van der Waals surface area contributed by atoms with E-state index in [1.807, 2.05) is 24.3 Å². The summed E-state index contributed by atoms with van der Waals surface area (Å²) in [4.78, 5) is 26.5. The maximum absolute atomic E-state index is 12.5. The fraction of sp³-hybridized carbons (Fsp3) is 0.250. The summed E-state index contributed by atoms with van der Waals surface area (Å²) in [7, 11) is 0. The van der Waals surface area contributed by atoms with E-state index < -0.39 is 5.92 Å². The van der Waals surface area contributed by atoms with E-state index in [0.29, 0.717) is 17.8 Å². The van der Waals surface area contributed by atoms with Crippen LogP contribution in [0.1, 0.15) is 24.5 Å². The molecule has 1 fully saturated rings. The van der Waals surface area contributed by atoms with Crippen LogP contribution in [0.2, 0.25) is 0 Å². The number of benzene rings is 2. The van der Waals surface area contributed by atoms with Gasteiger partial charge in [0.1, 0.15) is 6.07 Å². The Morgan fingerprint density at radius 2 is 1.96 bits per heavy atom. The van der Waals surface area contributed by atoms with Crippen molar-refractivity contribution in [1.82, 2.24) is 0 Å². The van der Waals surface area contributed by atoms with Gasteiger partial charge in [0.2, 0.25) is 11.8 Å². The molecule has 2 aromatic rings. The van der Waals surface area contributed by atoms with Crippen molar-refractivity contribution in [1.29, 1.82) is 5.26 Å². The zero-order valence-corrected chi connectivity index (χ0v) is 14.0. The Labute approximate surface area is 146 Å². The molecule has 0 aromatic heterocycles. The molecule has 5 heteroatoms. The number of nitrogens with one attached hydrogen (secondary N) is 1. The summed E-state index contributed by atoms with van der Waals surface area (Å²) in [5.41, 5.74) is 2.91. The zero-order chi connectivity index (χ0) is 17.8. The lowest BCUT2D eigenvalue weighted by molar-refractivity contribution is -0.122. The molecule has 25 heavy (non-hydrogen) atoms. The molecule has 1 aliphatic heterocycles. The summed E-state index contributed by atoms with van der Waals surface area (Å²) in [5, 5.41) is 11.9. The molecule has 1 saturated heterocycles. The van der Waals surface area contributed by atoms with Gasteiger partial charge in [0.05, 0.1) is 17.2 Å². The molecule has 1 atom stereocenters. The average Bonchev–Trinajstić information content (AvgIpc) is 3.04. The highest BCUT2D eigenvalue weighted by Gasteiger charge is 2.35. The van der Waals surface area contributed by atoms with Gasteiger partial charge in [-0.05, 0) is 36.2 Å². The molecule has 0 bridgehead atoms. The molecular formula is C20H19N3O2. The summed E-state index contributed by atoms with van der Waals surface area (Å²) in [6.07, 6.45) is 1.12. The molecule has 0 aliphatic carbocycles. The third kappa shape index (κ3) is 3.53. The Kier molecular flexibility index (Phi) is 4.80. The van der Waals surface area contributed by atoms with Crippen molar-refractivity contribution in [3.05, 3.63) is 59.7 Å². The molecule has 2 amide bonds. The number of rotatable bonds is 4. The van der Waals surface area contributed by atoms with Gasteiger partial charge < -0.3 is 10.2 Å².